The van der Waals surface area contributed by atoms with Gasteiger partial charge in [0.2, 0.25) is 5.91 Å². The summed E-state index contributed by atoms with van der Waals surface area (Å²) in [5.41, 5.74) is 5.54. The fourth-order valence-electron chi connectivity index (χ4n) is 1.19. The molecule has 1 amide bonds. The zero-order valence-corrected chi connectivity index (χ0v) is 9.95. The first-order valence-electron chi connectivity index (χ1n) is 5.53. The van der Waals surface area contributed by atoms with Crippen LogP contribution in [-0.2, 0) is 11.2 Å². The van der Waals surface area contributed by atoms with Crippen molar-refractivity contribution in [1.29, 1.82) is 0 Å². The van der Waals surface area contributed by atoms with Crippen molar-refractivity contribution in [3.05, 3.63) is 24.2 Å². The number of amides is 1. The van der Waals surface area contributed by atoms with E-state index in [0.717, 1.165) is 5.76 Å². The highest BCUT2D eigenvalue weighted by atomic mass is 16.3. The van der Waals surface area contributed by atoms with Crippen LogP contribution in [0.4, 0.5) is 0 Å². The number of aryl methyl sites for hydroxylation is 1. The average Bonchev–Trinajstić information content (AvgIpc) is 2.76. The van der Waals surface area contributed by atoms with Gasteiger partial charge in [-0.1, -0.05) is 13.8 Å². The molecule has 0 aliphatic carbocycles. The van der Waals surface area contributed by atoms with Gasteiger partial charge in [0.1, 0.15) is 5.76 Å². The van der Waals surface area contributed by atoms with Crippen molar-refractivity contribution in [3.63, 3.8) is 0 Å². The molecule has 0 aliphatic rings. The Morgan fingerprint density at radius 1 is 1.56 bits per heavy atom. The summed E-state index contributed by atoms with van der Waals surface area (Å²) in [4.78, 5) is 11.5. The van der Waals surface area contributed by atoms with Crippen LogP contribution in [0.5, 0.6) is 0 Å². The zero-order valence-electron chi connectivity index (χ0n) is 9.95. The van der Waals surface area contributed by atoms with Crippen LogP contribution >= 0.6 is 0 Å². The van der Waals surface area contributed by atoms with E-state index in [1.165, 1.54) is 0 Å². The summed E-state index contributed by atoms with van der Waals surface area (Å²) >= 11 is 0. The second-order valence-corrected chi connectivity index (χ2v) is 4.72. The lowest BCUT2D eigenvalue weighted by molar-refractivity contribution is -0.121. The quantitative estimate of drug-likeness (QED) is 0.765. The highest BCUT2D eigenvalue weighted by molar-refractivity contribution is 5.76. The fourth-order valence-corrected chi connectivity index (χ4v) is 1.19. The lowest BCUT2D eigenvalue weighted by Gasteiger charge is -2.22. The molecule has 0 spiro atoms. The zero-order chi connectivity index (χ0) is 12.0. The number of furan rings is 1. The number of hydrogen-bond acceptors (Lipinski definition) is 3. The molecule has 1 aromatic heterocycles. The number of carbonyl (C=O) groups is 1. The van der Waals surface area contributed by atoms with Crippen LogP contribution in [0.3, 0.4) is 0 Å². The highest BCUT2D eigenvalue weighted by Gasteiger charge is 2.16. The molecule has 4 heteroatoms. The molecule has 0 fully saturated rings. The number of nitrogens with two attached hydrogens (primary N) is 1. The van der Waals surface area contributed by atoms with Gasteiger partial charge in [-0.15, -0.1) is 0 Å². The smallest absolute Gasteiger partial charge is 0.220 e. The van der Waals surface area contributed by atoms with E-state index in [1.54, 1.807) is 6.26 Å². The predicted molar refractivity (Wildman–Crippen MR) is 62.9 cm³/mol. The van der Waals surface area contributed by atoms with Gasteiger partial charge in [-0.25, -0.2) is 0 Å². The van der Waals surface area contributed by atoms with E-state index in [1.807, 2.05) is 26.0 Å². The first-order chi connectivity index (χ1) is 7.53. The number of carbonyl (C=O) groups excluding carboxylic acids is 1. The molecule has 0 bridgehead atoms. The largest absolute Gasteiger partial charge is 0.469 e. The summed E-state index contributed by atoms with van der Waals surface area (Å²) in [6.07, 6.45) is 2.71. The molecule has 3 N–H and O–H groups in total. The van der Waals surface area contributed by atoms with Crippen molar-refractivity contribution in [2.24, 2.45) is 11.1 Å². The Morgan fingerprint density at radius 3 is 2.88 bits per heavy atom. The molecule has 0 unspecified atom stereocenters. The SMILES string of the molecule is CC(C)(CN)CNC(=O)CCc1ccco1. The number of rotatable bonds is 6. The highest BCUT2D eigenvalue weighted by Crippen LogP contribution is 2.10. The molecule has 4 nitrogen and oxygen atoms in total. The molecule has 1 heterocycles. The van der Waals surface area contributed by atoms with Crippen molar-refractivity contribution in [2.75, 3.05) is 13.1 Å². The Balaban J connectivity index is 2.21. The van der Waals surface area contributed by atoms with Gasteiger partial charge in [-0.2, -0.15) is 0 Å². The second kappa shape index (κ2) is 5.70. The lowest BCUT2D eigenvalue weighted by atomic mass is 9.94. The van der Waals surface area contributed by atoms with Crippen molar-refractivity contribution in [3.8, 4) is 0 Å². The maximum Gasteiger partial charge on any atom is 0.220 e. The summed E-state index contributed by atoms with van der Waals surface area (Å²) < 4.78 is 5.15. The Hall–Kier alpha value is -1.29. The number of hydrogen-bond donors (Lipinski definition) is 2. The van der Waals surface area contributed by atoms with E-state index in [-0.39, 0.29) is 11.3 Å². The van der Waals surface area contributed by atoms with E-state index < -0.39 is 0 Å². The molecule has 16 heavy (non-hydrogen) atoms. The topological polar surface area (TPSA) is 68.3 Å². The molecule has 90 valence electrons. The summed E-state index contributed by atoms with van der Waals surface area (Å²) in [5, 5.41) is 2.88. The second-order valence-electron chi connectivity index (χ2n) is 4.72. The maximum absolute atomic E-state index is 11.5. The molecule has 0 atom stereocenters. The van der Waals surface area contributed by atoms with E-state index in [2.05, 4.69) is 5.32 Å². The molecule has 1 aromatic rings. The van der Waals surface area contributed by atoms with Crippen LogP contribution in [0.2, 0.25) is 0 Å². The lowest BCUT2D eigenvalue weighted by Crippen LogP contribution is -2.38. The van der Waals surface area contributed by atoms with Gasteiger partial charge in [0.25, 0.3) is 0 Å². The van der Waals surface area contributed by atoms with Gasteiger partial charge < -0.3 is 15.5 Å². The summed E-state index contributed by atoms with van der Waals surface area (Å²) in [6.45, 7) is 5.23. The third kappa shape index (κ3) is 4.49. The van der Waals surface area contributed by atoms with Gasteiger partial charge >= 0.3 is 0 Å². The minimum absolute atomic E-state index is 0.0397. The van der Waals surface area contributed by atoms with Gasteiger partial charge in [0.05, 0.1) is 6.26 Å². The summed E-state index contributed by atoms with van der Waals surface area (Å²) in [7, 11) is 0. The third-order valence-corrected chi connectivity index (χ3v) is 2.50. The van der Waals surface area contributed by atoms with E-state index in [4.69, 9.17) is 10.2 Å². The van der Waals surface area contributed by atoms with E-state index in [0.29, 0.717) is 25.9 Å². The summed E-state index contributed by atoms with van der Waals surface area (Å²) in [5.74, 6) is 0.881. The Labute approximate surface area is 96.2 Å². The molecule has 0 aromatic carbocycles. The average molecular weight is 224 g/mol. The standard InChI is InChI=1S/C12H20N2O2/c1-12(2,8-13)9-14-11(15)6-5-10-4-3-7-16-10/h3-4,7H,5-6,8-9,13H2,1-2H3,(H,14,15). The molecule has 0 saturated carbocycles. The first kappa shape index (κ1) is 12.8. The minimum atomic E-state index is -0.0413. The van der Waals surface area contributed by atoms with Gasteiger partial charge in [0, 0.05) is 19.4 Å². The van der Waals surface area contributed by atoms with E-state index >= 15 is 0 Å². The molecule has 0 aliphatic heterocycles. The van der Waals surface area contributed by atoms with Crippen LogP contribution in [0, 0.1) is 5.41 Å². The van der Waals surface area contributed by atoms with Gasteiger partial charge in [-0.3, -0.25) is 4.79 Å². The van der Waals surface area contributed by atoms with Crippen LogP contribution in [0.1, 0.15) is 26.0 Å². The van der Waals surface area contributed by atoms with Crippen molar-refractivity contribution in [1.82, 2.24) is 5.32 Å². The van der Waals surface area contributed by atoms with Crippen LogP contribution in [-0.4, -0.2) is 19.0 Å². The monoisotopic (exact) mass is 224 g/mol. The third-order valence-electron chi connectivity index (χ3n) is 2.50. The maximum atomic E-state index is 11.5. The molecule has 1 rings (SSSR count). The Bertz CT molecular complexity index is 318. The molecular weight excluding hydrogens is 204 g/mol. The van der Waals surface area contributed by atoms with Crippen LogP contribution in [0.15, 0.2) is 22.8 Å². The van der Waals surface area contributed by atoms with Gasteiger partial charge in [-0.05, 0) is 24.1 Å². The molecular formula is C12H20N2O2. The van der Waals surface area contributed by atoms with Crippen molar-refractivity contribution < 1.29 is 9.21 Å². The Kier molecular flexibility index (Phi) is 4.55. The normalized spacial score (nSPS) is 11.4. The molecule has 0 radical (unpaired) electrons. The van der Waals surface area contributed by atoms with Gasteiger partial charge in [0.15, 0.2) is 0 Å². The fraction of sp³-hybridized carbons (Fsp3) is 0.583. The van der Waals surface area contributed by atoms with Crippen molar-refractivity contribution >= 4 is 5.91 Å². The Morgan fingerprint density at radius 2 is 2.31 bits per heavy atom. The van der Waals surface area contributed by atoms with Crippen LogP contribution < -0.4 is 11.1 Å². The van der Waals surface area contributed by atoms with Crippen molar-refractivity contribution in [2.45, 2.75) is 26.7 Å². The van der Waals surface area contributed by atoms with E-state index in [9.17, 15) is 4.79 Å². The minimum Gasteiger partial charge on any atom is -0.469 e. The number of nitrogens with one attached hydrogen (secondary N) is 1. The molecule has 0 saturated heterocycles. The predicted octanol–water partition coefficient (Wildman–Crippen LogP) is 1.31. The van der Waals surface area contributed by atoms with Crippen LogP contribution in [0.25, 0.3) is 0 Å². The summed E-state index contributed by atoms with van der Waals surface area (Å²) in [6, 6.07) is 3.70. The first-order valence-corrected chi connectivity index (χ1v) is 5.53.